The Morgan fingerprint density at radius 2 is 1.92 bits per heavy atom. The van der Waals surface area contributed by atoms with E-state index in [2.05, 4.69) is 5.10 Å². The third-order valence-corrected chi connectivity index (χ3v) is 6.73. The minimum atomic E-state index is -3.15. The summed E-state index contributed by atoms with van der Waals surface area (Å²) in [4.78, 5) is 14.3. The Hall–Kier alpha value is -1.41. The van der Waals surface area contributed by atoms with Gasteiger partial charge in [0.15, 0.2) is 0 Å². The third-order valence-electron chi connectivity index (χ3n) is 5.42. The number of rotatable bonds is 4. The molecule has 2 fully saturated rings. The highest BCUT2D eigenvalue weighted by molar-refractivity contribution is 7.88. The van der Waals surface area contributed by atoms with Crippen molar-refractivity contribution in [3.8, 4) is 0 Å². The smallest absolute Gasteiger partial charge is 0.244 e. The average Bonchev–Trinajstić information content (AvgIpc) is 2.99. The molecule has 1 unspecified atom stereocenters. The van der Waals surface area contributed by atoms with Gasteiger partial charge in [-0.1, -0.05) is 6.42 Å². The molecule has 3 heterocycles. The van der Waals surface area contributed by atoms with Gasteiger partial charge >= 0.3 is 0 Å². The summed E-state index contributed by atoms with van der Waals surface area (Å²) in [5.74, 6) is 0.441. The van der Waals surface area contributed by atoms with E-state index in [1.54, 1.807) is 15.2 Å². The summed E-state index contributed by atoms with van der Waals surface area (Å²) in [5, 5.41) is 4.17. The van der Waals surface area contributed by atoms with Crippen LogP contribution >= 0.6 is 0 Å². The zero-order valence-corrected chi connectivity index (χ0v) is 15.9. The van der Waals surface area contributed by atoms with E-state index >= 15 is 0 Å². The minimum Gasteiger partial charge on any atom is -0.341 e. The van der Waals surface area contributed by atoms with E-state index in [9.17, 15) is 13.2 Å². The van der Waals surface area contributed by atoms with Crippen molar-refractivity contribution in [1.82, 2.24) is 19.0 Å². The van der Waals surface area contributed by atoms with E-state index in [0.717, 1.165) is 37.7 Å². The predicted molar refractivity (Wildman–Crippen MR) is 95.5 cm³/mol. The lowest BCUT2D eigenvalue weighted by Crippen LogP contribution is -2.50. The van der Waals surface area contributed by atoms with Crippen molar-refractivity contribution >= 4 is 15.9 Å². The number of carbonyl (C=O) groups excluding carboxylic acids is 1. The summed E-state index contributed by atoms with van der Waals surface area (Å²) < 4.78 is 27.5. The monoisotopic (exact) mass is 368 g/mol. The van der Waals surface area contributed by atoms with Gasteiger partial charge in [0, 0.05) is 31.9 Å². The number of amides is 1. The third kappa shape index (κ3) is 4.41. The Morgan fingerprint density at radius 3 is 2.52 bits per heavy atom. The SMILES string of the molecule is Cc1cnn(CC(=O)N2CCC(C3CCCCN3S(C)(=O)=O)CC2)c1. The van der Waals surface area contributed by atoms with Crippen molar-refractivity contribution in [3.05, 3.63) is 18.0 Å². The van der Waals surface area contributed by atoms with E-state index in [0.29, 0.717) is 25.6 Å². The number of likely N-dealkylation sites (tertiary alicyclic amines) is 1. The molecule has 1 atom stereocenters. The first kappa shape index (κ1) is 18.4. The van der Waals surface area contributed by atoms with Crippen LogP contribution in [0.15, 0.2) is 12.4 Å². The summed E-state index contributed by atoms with van der Waals surface area (Å²) >= 11 is 0. The zero-order chi connectivity index (χ0) is 18.0. The normalized spacial score (nSPS) is 23.8. The van der Waals surface area contributed by atoms with Crippen molar-refractivity contribution in [2.45, 2.75) is 51.6 Å². The lowest BCUT2D eigenvalue weighted by Gasteiger charge is -2.42. The highest BCUT2D eigenvalue weighted by atomic mass is 32.2. The number of aromatic nitrogens is 2. The van der Waals surface area contributed by atoms with Crippen molar-refractivity contribution in [2.24, 2.45) is 5.92 Å². The maximum Gasteiger partial charge on any atom is 0.244 e. The van der Waals surface area contributed by atoms with Crippen LogP contribution in [0.4, 0.5) is 0 Å². The van der Waals surface area contributed by atoms with Gasteiger partial charge in [-0.05, 0) is 44.1 Å². The standard InChI is InChI=1S/C17H28N4O3S/c1-14-11-18-20(12-14)13-17(22)19-9-6-15(7-10-19)16-5-3-4-8-21(16)25(2,23)24/h11-12,15-16H,3-10,13H2,1-2H3. The molecule has 0 aromatic carbocycles. The quantitative estimate of drug-likeness (QED) is 0.801. The highest BCUT2D eigenvalue weighted by Gasteiger charge is 2.37. The van der Waals surface area contributed by atoms with Crippen LogP contribution in [-0.2, 0) is 21.4 Å². The number of aryl methyl sites for hydroxylation is 1. The van der Waals surface area contributed by atoms with Gasteiger partial charge in [-0.15, -0.1) is 0 Å². The van der Waals surface area contributed by atoms with Crippen LogP contribution in [0.3, 0.4) is 0 Å². The molecule has 1 aromatic heterocycles. The first-order valence-electron chi connectivity index (χ1n) is 9.08. The van der Waals surface area contributed by atoms with E-state index in [4.69, 9.17) is 0 Å². The molecule has 140 valence electrons. The summed E-state index contributed by atoms with van der Waals surface area (Å²) in [7, 11) is -3.15. The molecular formula is C17H28N4O3S. The molecule has 0 spiro atoms. The molecule has 2 aliphatic heterocycles. The van der Waals surface area contributed by atoms with Crippen LogP contribution in [0.1, 0.15) is 37.7 Å². The fourth-order valence-electron chi connectivity index (χ4n) is 4.14. The zero-order valence-electron chi connectivity index (χ0n) is 15.1. The number of carbonyl (C=O) groups is 1. The van der Waals surface area contributed by atoms with Gasteiger partial charge in [0.05, 0.1) is 12.5 Å². The van der Waals surface area contributed by atoms with Crippen molar-refractivity contribution in [2.75, 3.05) is 25.9 Å². The number of piperidine rings is 2. The van der Waals surface area contributed by atoms with E-state index in [-0.39, 0.29) is 18.5 Å². The van der Waals surface area contributed by atoms with Crippen LogP contribution in [-0.4, -0.2) is 65.2 Å². The maximum atomic E-state index is 12.4. The lowest BCUT2D eigenvalue weighted by molar-refractivity contribution is -0.133. The first-order chi connectivity index (χ1) is 11.8. The second-order valence-electron chi connectivity index (χ2n) is 7.37. The molecule has 0 N–H and O–H groups in total. The van der Waals surface area contributed by atoms with E-state index < -0.39 is 10.0 Å². The first-order valence-corrected chi connectivity index (χ1v) is 10.9. The molecule has 0 saturated carbocycles. The van der Waals surface area contributed by atoms with Crippen LogP contribution in [0.2, 0.25) is 0 Å². The second-order valence-corrected chi connectivity index (χ2v) is 9.31. The predicted octanol–water partition coefficient (Wildman–Crippen LogP) is 1.24. The fraction of sp³-hybridized carbons (Fsp3) is 0.765. The Labute approximate surface area is 150 Å². The summed E-state index contributed by atoms with van der Waals surface area (Å²) in [5.41, 5.74) is 1.05. The van der Waals surface area contributed by atoms with Crippen molar-refractivity contribution < 1.29 is 13.2 Å². The second kappa shape index (κ2) is 7.45. The molecule has 2 aliphatic rings. The number of hydrogen-bond donors (Lipinski definition) is 0. The van der Waals surface area contributed by atoms with Crippen LogP contribution in [0.25, 0.3) is 0 Å². The molecule has 3 rings (SSSR count). The van der Waals surface area contributed by atoms with Crippen LogP contribution in [0.5, 0.6) is 0 Å². The topological polar surface area (TPSA) is 75.5 Å². The van der Waals surface area contributed by atoms with Gasteiger partial charge < -0.3 is 4.90 Å². The number of nitrogens with zero attached hydrogens (tertiary/aromatic N) is 4. The number of hydrogen-bond acceptors (Lipinski definition) is 4. The summed E-state index contributed by atoms with van der Waals surface area (Å²) in [6, 6.07) is 0.106. The Kier molecular flexibility index (Phi) is 5.48. The lowest BCUT2D eigenvalue weighted by atomic mass is 9.85. The molecule has 25 heavy (non-hydrogen) atoms. The Balaban J connectivity index is 1.56. The van der Waals surface area contributed by atoms with Gasteiger partial charge in [-0.3, -0.25) is 9.48 Å². The van der Waals surface area contributed by atoms with Gasteiger partial charge in [-0.2, -0.15) is 9.40 Å². The fourth-order valence-corrected chi connectivity index (χ4v) is 5.37. The molecule has 0 bridgehead atoms. The van der Waals surface area contributed by atoms with E-state index in [1.165, 1.54) is 6.26 Å². The highest BCUT2D eigenvalue weighted by Crippen LogP contribution is 2.31. The largest absolute Gasteiger partial charge is 0.341 e. The summed E-state index contributed by atoms with van der Waals surface area (Å²) in [6.07, 6.45) is 9.67. The number of sulfonamides is 1. The van der Waals surface area contributed by atoms with Gasteiger partial charge in [0.1, 0.15) is 6.54 Å². The van der Waals surface area contributed by atoms with Crippen LogP contribution in [0, 0.1) is 12.8 Å². The molecule has 7 nitrogen and oxygen atoms in total. The maximum absolute atomic E-state index is 12.4. The average molecular weight is 369 g/mol. The van der Waals surface area contributed by atoms with E-state index in [1.807, 2.05) is 18.0 Å². The van der Waals surface area contributed by atoms with Gasteiger partial charge in [-0.25, -0.2) is 8.42 Å². The molecule has 1 amide bonds. The molecule has 0 aliphatic carbocycles. The van der Waals surface area contributed by atoms with Crippen molar-refractivity contribution in [3.63, 3.8) is 0 Å². The summed E-state index contributed by atoms with van der Waals surface area (Å²) in [6.45, 7) is 4.28. The Bertz CT molecular complexity index is 707. The molecule has 1 aromatic rings. The van der Waals surface area contributed by atoms with Gasteiger partial charge in [0.25, 0.3) is 0 Å². The molecule has 2 saturated heterocycles. The molecule has 0 radical (unpaired) electrons. The van der Waals surface area contributed by atoms with Crippen molar-refractivity contribution in [1.29, 1.82) is 0 Å². The Morgan fingerprint density at radius 1 is 1.20 bits per heavy atom. The van der Waals surface area contributed by atoms with Crippen LogP contribution < -0.4 is 0 Å². The minimum absolute atomic E-state index is 0.0881. The van der Waals surface area contributed by atoms with Gasteiger partial charge in [0.2, 0.25) is 15.9 Å². The molecule has 8 heteroatoms. The molecular weight excluding hydrogens is 340 g/mol.